The number of methoxy groups -OCH3 is 1. The first kappa shape index (κ1) is 9.31. The molecule has 0 spiro atoms. The first-order chi connectivity index (χ1) is 6.15. The SMILES string of the molecule is COc1ccnc(NC(=O)O)c1C. The van der Waals surface area contributed by atoms with Gasteiger partial charge in [-0.2, -0.15) is 0 Å². The smallest absolute Gasteiger partial charge is 0.410 e. The number of pyridine rings is 1. The predicted molar refractivity (Wildman–Crippen MR) is 47.2 cm³/mol. The zero-order chi connectivity index (χ0) is 9.84. The van der Waals surface area contributed by atoms with E-state index in [1.54, 1.807) is 13.0 Å². The fourth-order valence-corrected chi connectivity index (χ4v) is 0.966. The summed E-state index contributed by atoms with van der Waals surface area (Å²) in [6.45, 7) is 1.73. The van der Waals surface area contributed by atoms with Crippen LogP contribution in [0.5, 0.6) is 5.75 Å². The van der Waals surface area contributed by atoms with Crippen LogP contribution in [-0.4, -0.2) is 23.3 Å². The van der Waals surface area contributed by atoms with Crippen molar-refractivity contribution in [2.45, 2.75) is 6.92 Å². The fraction of sp³-hybridized carbons (Fsp3) is 0.250. The van der Waals surface area contributed by atoms with Crippen molar-refractivity contribution in [2.75, 3.05) is 12.4 Å². The second-order valence-electron chi connectivity index (χ2n) is 2.42. The minimum absolute atomic E-state index is 0.298. The highest BCUT2D eigenvalue weighted by atomic mass is 16.5. The van der Waals surface area contributed by atoms with E-state index in [0.717, 1.165) is 0 Å². The number of ether oxygens (including phenoxy) is 1. The van der Waals surface area contributed by atoms with E-state index in [2.05, 4.69) is 10.3 Å². The Hall–Kier alpha value is -1.78. The standard InChI is InChI=1S/C8H10N2O3/c1-5-6(13-2)3-4-9-7(5)10-8(11)12/h3-4H,1-2H3,(H,9,10)(H,11,12). The van der Waals surface area contributed by atoms with Crippen molar-refractivity contribution < 1.29 is 14.6 Å². The second kappa shape index (κ2) is 3.75. The van der Waals surface area contributed by atoms with Gasteiger partial charge in [0.1, 0.15) is 11.6 Å². The van der Waals surface area contributed by atoms with Crippen LogP contribution in [0.2, 0.25) is 0 Å². The minimum atomic E-state index is -1.14. The molecule has 0 unspecified atom stereocenters. The fourth-order valence-electron chi connectivity index (χ4n) is 0.966. The molecule has 1 amide bonds. The van der Waals surface area contributed by atoms with Gasteiger partial charge in [-0.15, -0.1) is 0 Å². The third kappa shape index (κ3) is 2.08. The maximum Gasteiger partial charge on any atom is 0.410 e. The molecule has 5 nitrogen and oxygen atoms in total. The van der Waals surface area contributed by atoms with E-state index >= 15 is 0 Å². The van der Waals surface area contributed by atoms with Gasteiger partial charge in [-0.3, -0.25) is 5.32 Å². The molecule has 5 heteroatoms. The number of carbonyl (C=O) groups is 1. The third-order valence-corrected chi connectivity index (χ3v) is 1.60. The Morgan fingerprint density at radius 3 is 2.92 bits per heavy atom. The lowest BCUT2D eigenvalue weighted by atomic mass is 10.2. The summed E-state index contributed by atoms with van der Waals surface area (Å²) >= 11 is 0. The molecule has 0 aliphatic carbocycles. The van der Waals surface area contributed by atoms with E-state index in [0.29, 0.717) is 17.1 Å². The van der Waals surface area contributed by atoms with Crippen LogP contribution >= 0.6 is 0 Å². The molecule has 0 aliphatic rings. The Kier molecular flexibility index (Phi) is 2.69. The lowest BCUT2D eigenvalue weighted by molar-refractivity contribution is 0.209. The quantitative estimate of drug-likeness (QED) is 0.726. The molecule has 0 atom stereocenters. The molecule has 0 aromatic carbocycles. The van der Waals surface area contributed by atoms with Crippen LogP contribution in [0.15, 0.2) is 12.3 Å². The molecule has 2 N–H and O–H groups in total. The van der Waals surface area contributed by atoms with Gasteiger partial charge in [0.2, 0.25) is 0 Å². The van der Waals surface area contributed by atoms with Gasteiger partial charge in [0, 0.05) is 11.8 Å². The van der Waals surface area contributed by atoms with Crippen molar-refractivity contribution in [3.8, 4) is 5.75 Å². The van der Waals surface area contributed by atoms with Crippen molar-refractivity contribution in [3.63, 3.8) is 0 Å². The topological polar surface area (TPSA) is 71.5 Å². The molecule has 70 valence electrons. The third-order valence-electron chi connectivity index (χ3n) is 1.60. The number of hydrogen-bond acceptors (Lipinski definition) is 3. The monoisotopic (exact) mass is 182 g/mol. The summed E-state index contributed by atoms with van der Waals surface area (Å²) in [6, 6.07) is 1.67. The molecular formula is C8H10N2O3. The summed E-state index contributed by atoms with van der Waals surface area (Å²) in [7, 11) is 1.52. The molecule has 1 aromatic heterocycles. The van der Waals surface area contributed by atoms with Gasteiger partial charge in [-0.05, 0) is 13.0 Å². The van der Waals surface area contributed by atoms with E-state index < -0.39 is 6.09 Å². The normalized spacial score (nSPS) is 9.38. The maximum absolute atomic E-state index is 10.3. The molecule has 0 fully saturated rings. The van der Waals surface area contributed by atoms with Crippen molar-refractivity contribution in [1.82, 2.24) is 4.98 Å². The van der Waals surface area contributed by atoms with Crippen LogP contribution < -0.4 is 10.1 Å². The van der Waals surface area contributed by atoms with E-state index in [-0.39, 0.29) is 0 Å². The first-order valence-corrected chi connectivity index (χ1v) is 3.64. The van der Waals surface area contributed by atoms with Crippen LogP contribution in [0.1, 0.15) is 5.56 Å². The Balaban J connectivity index is 3.01. The summed E-state index contributed by atoms with van der Waals surface area (Å²) < 4.78 is 4.99. The molecule has 13 heavy (non-hydrogen) atoms. The summed E-state index contributed by atoms with van der Waals surface area (Å²) in [6.07, 6.45) is 0.348. The van der Waals surface area contributed by atoms with Crippen molar-refractivity contribution in [2.24, 2.45) is 0 Å². The summed E-state index contributed by atoms with van der Waals surface area (Å²) in [5.74, 6) is 0.908. The Labute approximate surface area is 75.4 Å². The summed E-state index contributed by atoms with van der Waals surface area (Å²) in [5.41, 5.74) is 0.674. The molecule has 0 saturated carbocycles. The molecule has 1 aromatic rings. The maximum atomic E-state index is 10.3. The average molecular weight is 182 g/mol. The van der Waals surface area contributed by atoms with Gasteiger partial charge < -0.3 is 9.84 Å². The molecule has 0 aliphatic heterocycles. The number of carboxylic acid groups (broad SMARTS) is 1. The Bertz CT molecular complexity index is 325. The van der Waals surface area contributed by atoms with E-state index in [9.17, 15) is 4.79 Å². The van der Waals surface area contributed by atoms with E-state index in [4.69, 9.17) is 9.84 Å². The van der Waals surface area contributed by atoms with Gasteiger partial charge in [0.25, 0.3) is 0 Å². The number of anilines is 1. The van der Waals surface area contributed by atoms with E-state index in [1.165, 1.54) is 13.3 Å². The number of rotatable bonds is 2. The van der Waals surface area contributed by atoms with Gasteiger partial charge >= 0.3 is 6.09 Å². The molecule has 0 radical (unpaired) electrons. The van der Waals surface area contributed by atoms with Crippen LogP contribution in [0, 0.1) is 6.92 Å². The molecule has 0 saturated heterocycles. The highest BCUT2D eigenvalue weighted by Gasteiger charge is 2.07. The molecule has 1 heterocycles. The second-order valence-corrected chi connectivity index (χ2v) is 2.42. The zero-order valence-electron chi connectivity index (χ0n) is 7.37. The number of nitrogens with one attached hydrogen (secondary N) is 1. The van der Waals surface area contributed by atoms with Crippen LogP contribution in [0.3, 0.4) is 0 Å². The molecule has 1 rings (SSSR count). The van der Waals surface area contributed by atoms with Crippen LogP contribution in [0.25, 0.3) is 0 Å². The highest BCUT2D eigenvalue weighted by Crippen LogP contribution is 2.22. The molecule has 0 bridgehead atoms. The predicted octanol–water partition coefficient (Wildman–Crippen LogP) is 1.49. The largest absolute Gasteiger partial charge is 0.496 e. The Morgan fingerprint density at radius 1 is 1.69 bits per heavy atom. The number of nitrogens with zero attached hydrogens (tertiary/aromatic N) is 1. The minimum Gasteiger partial charge on any atom is -0.496 e. The average Bonchev–Trinajstić information content (AvgIpc) is 2.08. The van der Waals surface area contributed by atoms with Crippen molar-refractivity contribution in [3.05, 3.63) is 17.8 Å². The molecular weight excluding hydrogens is 172 g/mol. The zero-order valence-corrected chi connectivity index (χ0v) is 7.37. The Morgan fingerprint density at radius 2 is 2.38 bits per heavy atom. The summed E-state index contributed by atoms with van der Waals surface area (Å²) in [4.78, 5) is 14.2. The van der Waals surface area contributed by atoms with Crippen LogP contribution in [-0.2, 0) is 0 Å². The van der Waals surface area contributed by atoms with Gasteiger partial charge in [0.15, 0.2) is 0 Å². The highest BCUT2D eigenvalue weighted by molar-refractivity contribution is 5.82. The lowest BCUT2D eigenvalue weighted by Crippen LogP contribution is -2.10. The number of hydrogen-bond donors (Lipinski definition) is 2. The van der Waals surface area contributed by atoms with Crippen molar-refractivity contribution in [1.29, 1.82) is 0 Å². The van der Waals surface area contributed by atoms with Gasteiger partial charge in [-0.25, -0.2) is 9.78 Å². The van der Waals surface area contributed by atoms with E-state index in [1.807, 2.05) is 0 Å². The van der Waals surface area contributed by atoms with Crippen molar-refractivity contribution >= 4 is 11.9 Å². The lowest BCUT2D eigenvalue weighted by Gasteiger charge is -2.07. The first-order valence-electron chi connectivity index (χ1n) is 3.64. The van der Waals surface area contributed by atoms with Gasteiger partial charge in [0.05, 0.1) is 7.11 Å². The summed E-state index contributed by atoms with van der Waals surface area (Å²) in [5, 5.41) is 10.6. The van der Waals surface area contributed by atoms with Gasteiger partial charge in [-0.1, -0.05) is 0 Å². The number of aromatic nitrogens is 1. The number of amides is 1. The van der Waals surface area contributed by atoms with Crippen LogP contribution in [0.4, 0.5) is 10.6 Å².